The SMILES string of the molecule is Cc1ccc(S(=O)(=O)N(C/C=C/CBr)C(=O)OCc2ccccc2)cc1. The van der Waals surface area contributed by atoms with Crippen LogP contribution in [0.25, 0.3) is 0 Å². The van der Waals surface area contributed by atoms with E-state index in [1.807, 2.05) is 25.1 Å². The van der Waals surface area contributed by atoms with Crippen LogP contribution in [-0.2, 0) is 21.4 Å². The monoisotopic (exact) mass is 437 g/mol. The van der Waals surface area contributed by atoms with Crippen LogP contribution in [0, 0.1) is 6.92 Å². The van der Waals surface area contributed by atoms with Crippen molar-refractivity contribution in [2.75, 3.05) is 11.9 Å². The summed E-state index contributed by atoms with van der Waals surface area (Å²) in [7, 11) is -4.01. The van der Waals surface area contributed by atoms with Crippen molar-refractivity contribution < 1.29 is 17.9 Å². The zero-order chi connectivity index (χ0) is 19.0. The molecule has 26 heavy (non-hydrogen) atoms. The zero-order valence-electron chi connectivity index (χ0n) is 14.3. The number of carbonyl (C=O) groups excluding carboxylic acids is 1. The van der Waals surface area contributed by atoms with E-state index < -0.39 is 16.1 Å². The number of halogens is 1. The van der Waals surface area contributed by atoms with Crippen LogP contribution in [0.1, 0.15) is 11.1 Å². The molecule has 0 spiro atoms. The molecule has 0 aliphatic carbocycles. The maximum absolute atomic E-state index is 12.9. The summed E-state index contributed by atoms with van der Waals surface area (Å²) in [5.41, 5.74) is 1.71. The zero-order valence-corrected chi connectivity index (χ0v) is 16.7. The van der Waals surface area contributed by atoms with Crippen LogP contribution in [0.3, 0.4) is 0 Å². The second-order valence-corrected chi connectivity index (χ2v) is 8.02. The Morgan fingerprint density at radius 2 is 1.73 bits per heavy atom. The number of carbonyl (C=O) groups is 1. The Morgan fingerprint density at radius 3 is 2.35 bits per heavy atom. The number of allylic oxidation sites excluding steroid dienone is 1. The average molecular weight is 438 g/mol. The quantitative estimate of drug-likeness (QED) is 0.479. The van der Waals surface area contributed by atoms with Gasteiger partial charge in [-0.25, -0.2) is 13.2 Å². The highest BCUT2D eigenvalue weighted by Crippen LogP contribution is 2.18. The van der Waals surface area contributed by atoms with Crippen LogP contribution in [0.15, 0.2) is 71.6 Å². The third-order valence-electron chi connectivity index (χ3n) is 3.54. The summed E-state index contributed by atoms with van der Waals surface area (Å²) in [6.45, 7) is 1.76. The van der Waals surface area contributed by atoms with E-state index in [-0.39, 0.29) is 18.0 Å². The first-order valence-electron chi connectivity index (χ1n) is 7.96. The van der Waals surface area contributed by atoms with Gasteiger partial charge in [-0.3, -0.25) is 0 Å². The van der Waals surface area contributed by atoms with Gasteiger partial charge in [0.2, 0.25) is 0 Å². The maximum Gasteiger partial charge on any atom is 0.424 e. The van der Waals surface area contributed by atoms with Crippen LogP contribution in [0.4, 0.5) is 4.79 Å². The van der Waals surface area contributed by atoms with Crippen LogP contribution in [0.2, 0.25) is 0 Å². The molecule has 0 aliphatic rings. The lowest BCUT2D eigenvalue weighted by atomic mass is 10.2. The predicted molar refractivity (Wildman–Crippen MR) is 105 cm³/mol. The van der Waals surface area contributed by atoms with Gasteiger partial charge in [0.1, 0.15) is 6.61 Å². The molecule has 0 saturated heterocycles. The fraction of sp³-hybridized carbons (Fsp3) is 0.211. The number of ether oxygens (including phenoxy) is 1. The summed E-state index contributed by atoms with van der Waals surface area (Å²) in [4.78, 5) is 12.5. The van der Waals surface area contributed by atoms with Crippen molar-refractivity contribution in [2.45, 2.75) is 18.4 Å². The van der Waals surface area contributed by atoms with Gasteiger partial charge in [0, 0.05) is 5.33 Å². The van der Waals surface area contributed by atoms with Gasteiger partial charge < -0.3 is 4.74 Å². The minimum atomic E-state index is -4.01. The van der Waals surface area contributed by atoms with Crippen LogP contribution in [0.5, 0.6) is 0 Å². The molecule has 138 valence electrons. The summed E-state index contributed by atoms with van der Waals surface area (Å²) in [6.07, 6.45) is 2.42. The predicted octanol–water partition coefficient (Wildman–Crippen LogP) is 4.27. The van der Waals surface area contributed by atoms with Crippen LogP contribution in [-0.4, -0.2) is 30.7 Å². The molecule has 0 aliphatic heterocycles. The minimum Gasteiger partial charge on any atom is -0.444 e. The van der Waals surface area contributed by atoms with Crippen molar-refractivity contribution in [1.29, 1.82) is 0 Å². The van der Waals surface area contributed by atoms with Gasteiger partial charge in [-0.15, -0.1) is 0 Å². The topological polar surface area (TPSA) is 63.7 Å². The number of hydrogen-bond acceptors (Lipinski definition) is 4. The number of nitrogens with zero attached hydrogens (tertiary/aromatic N) is 1. The van der Waals surface area contributed by atoms with Crippen molar-refractivity contribution in [3.63, 3.8) is 0 Å². The number of rotatable bonds is 7. The molecular formula is C19H20BrNO4S. The molecule has 5 nitrogen and oxygen atoms in total. The molecule has 0 fully saturated rings. The standard InChI is InChI=1S/C19H20BrNO4S/c1-16-9-11-18(12-10-16)26(23,24)21(14-6-5-13-20)19(22)25-15-17-7-3-2-4-8-17/h2-12H,13-15H2,1H3/b6-5+. The van der Waals surface area contributed by atoms with Gasteiger partial charge in [-0.2, -0.15) is 4.31 Å². The Labute approximate surface area is 162 Å². The fourth-order valence-electron chi connectivity index (χ4n) is 2.13. The van der Waals surface area contributed by atoms with Gasteiger partial charge >= 0.3 is 6.09 Å². The summed E-state index contributed by atoms with van der Waals surface area (Å²) >= 11 is 3.23. The number of alkyl halides is 1. The molecule has 0 bridgehead atoms. The molecule has 2 aromatic carbocycles. The van der Waals surface area contributed by atoms with Crippen molar-refractivity contribution in [2.24, 2.45) is 0 Å². The number of benzene rings is 2. The van der Waals surface area contributed by atoms with Crippen molar-refractivity contribution in [1.82, 2.24) is 4.31 Å². The summed E-state index contributed by atoms with van der Waals surface area (Å²) in [5.74, 6) is 0. The smallest absolute Gasteiger partial charge is 0.424 e. The molecule has 0 N–H and O–H groups in total. The third-order valence-corrected chi connectivity index (χ3v) is 5.66. The lowest BCUT2D eigenvalue weighted by Gasteiger charge is -2.21. The molecule has 0 unspecified atom stereocenters. The normalized spacial score (nSPS) is 11.5. The molecule has 0 aromatic heterocycles. The van der Waals surface area contributed by atoms with Gasteiger partial charge in [-0.05, 0) is 24.6 Å². The van der Waals surface area contributed by atoms with Crippen molar-refractivity contribution in [3.8, 4) is 0 Å². The first-order chi connectivity index (χ1) is 12.4. The number of amides is 1. The molecule has 2 aromatic rings. The highest BCUT2D eigenvalue weighted by atomic mass is 79.9. The van der Waals surface area contributed by atoms with Crippen LogP contribution >= 0.6 is 15.9 Å². The molecule has 7 heteroatoms. The molecular weight excluding hydrogens is 418 g/mol. The van der Waals surface area contributed by atoms with E-state index in [0.29, 0.717) is 5.33 Å². The van der Waals surface area contributed by atoms with E-state index in [0.717, 1.165) is 15.4 Å². The fourth-order valence-corrected chi connectivity index (χ4v) is 3.66. The Hall–Kier alpha value is -2.12. The van der Waals surface area contributed by atoms with E-state index in [1.165, 1.54) is 12.1 Å². The van der Waals surface area contributed by atoms with E-state index in [4.69, 9.17) is 4.74 Å². The number of aryl methyl sites for hydroxylation is 1. The van der Waals surface area contributed by atoms with Gasteiger partial charge in [-0.1, -0.05) is 76.1 Å². The van der Waals surface area contributed by atoms with E-state index >= 15 is 0 Å². The first kappa shape index (κ1) is 20.2. The summed E-state index contributed by atoms with van der Waals surface area (Å²) in [6, 6.07) is 15.4. The lowest BCUT2D eigenvalue weighted by Crippen LogP contribution is -2.37. The molecule has 0 atom stereocenters. The number of sulfonamides is 1. The van der Waals surface area contributed by atoms with E-state index in [9.17, 15) is 13.2 Å². The highest BCUT2D eigenvalue weighted by molar-refractivity contribution is 9.09. The van der Waals surface area contributed by atoms with E-state index in [1.54, 1.807) is 36.4 Å². The third kappa shape index (κ3) is 5.44. The second kappa shape index (κ2) is 9.54. The van der Waals surface area contributed by atoms with Crippen LogP contribution < -0.4 is 0 Å². The lowest BCUT2D eigenvalue weighted by molar-refractivity contribution is 0.121. The Balaban J connectivity index is 2.22. The molecule has 1 amide bonds. The van der Waals surface area contributed by atoms with Crippen molar-refractivity contribution >= 4 is 32.0 Å². The first-order valence-corrected chi connectivity index (χ1v) is 10.5. The summed E-state index contributed by atoms with van der Waals surface area (Å²) in [5, 5.41) is 0.560. The second-order valence-electron chi connectivity index (χ2n) is 5.52. The van der Waals surface area contributed by atoms with E-state index in [2.05, 4.69) is 15.9 Å². The largest absolute Gasteiger partial charge is 0.444 e. The highest BCUT2D eigenvalue weighted by Gasteiger charge is 2.29. The number of hydrogen-bond donors (Lipinski definition) is 0. The van der Waals surface area contributed by atoms with Gasteiger partial charge in [0.25, 0.3) is 10.0 Å². The Kier molecular flexibility index (Phi) is 7.41. The Bertz CT molecular complexity index is 849. The minimum absolute atomic E-state index is 0.00174. The van der Waals surface area contributed by atoms with Gasteiger partial charge in [0.05, 0.1) is 11.4 Å². The Morgan fingerprint density at radius 1 is 1.08 bits per heavy atom. The molecule has 0 heterocycles. The maximum atomic E-state index is 12.9. The molecule has 2 rings (SSSR count). The molecule has 0 radical (unpaired) electrons. The van der Waals surface area contributed by atoms with Gasteiger partial charge in [0.15, 0.2) is 0 Å². The average Bonchev–Trinajstić information content (AvgIpc) is 2.64. The van der Waals surface area contributed by atoms with Crippen molar-refractivity contribution in [3.05, 3.63) is 77.9 Å². The molecule has 0 saturated carbocycles. The summed E-state index contributed by atoms with van der Waals surface area (Å²) < 4.78 is 31.7.